The van der Waals surface area contributed by atoms with Crippen LogP contribution in [0.3, 0.4) is 0 Å². The summed E-state index contributed by atoms with van der Waals surface area (Å²) in [5.74, 6) is -0.889. The monoisotopic (exact) mass is 457 g/mol. The lowest BCUT2D eigenvalue weighted by atomic mass is 10.1. The number of para-hydroxylation sites is 2. The molecule has 0 aliphatic carbocycles. The number of aromatic nitrogens is 2. The number of aryl methyl sites for hydroxylation is 1. The van der Waals surface area contributed by atoms with Crippen molar-refractivity contribution in [2.24, 2.45) is 0 Å². The van der Waals surface area contributed by atoms with Gasteiger partial charge in [-0.1, -0.05) is 40.2 Å². The molecule has 1 amide bonds. The van der Waals surface area contributed by atoms with Crippen LogP contribution >= 0.6 is 27.3 Å². The number of fused-ring (bicyclic) bond motifs is 1. The third-order valence-corrected chi connectivity index (χ3v) is 5.84. The van der Waals surface area contributed by atoms with Gasteiger partial charge in [0.15, 0.2) is 10.7 Å². The number of nitrogens with zero attached hydrogens (tertiary/aromatic N) is 2. The maximum atomic E-state index is 12.8. The highest BCUT2D eigenvalue weighted by atomic mass is 79.9. The zero-order valence-electron chi connectivity index (χ0n) is 15.1. The fourth-order valence-electron chi connectivity index (χ4n) is 3.00. The number of rotatable bonds is 4. The van der Waals surface area contributed by atoms with Gasteiger partial charge in [-0.25, -0.2) is 9.78 Å². The SMILES string of the molecule is Cc1sc(NC(=O)[C@@H](C)n2c(=O)oc3ccccc32)nc1-c1ccc(Br)cc1. The Labute approximate surface area is 173 Å². The molecule has 4 aromatic rings. The van der Waals surface area contributed by atoms with E-state index in [0.29, 0.717) is 16.2 Å². The van der Waals surface area contributed by atoms with Crippen molar-refractivity contribution in [2.45, 2.75) is 19.9 Å². The highest BCUT2D eigenvalue weighted by Gasteiger charge is 2.22. The van der Waals surface area contributed by atoms with Crippen molar-refractivity contribution in [3.05, 3.63) is 68.4 Å². The normalized spacial score (nSPS) is 12.2. The number of oxazole rings is 1. The van der Waals surface area contributed by atoms with Crippen molar-refractivity contribution in [1.82, 2.24) is 9.55 Å². The second kappa shape index (κ2) is 7.37. The van der Waals surface area contributed by atoms with Crippen molar-refractivity contribution in [1.29, 1.82) is 0 Å². The van der Waals surface area contributed by atoms with E-state index in [9.17, 15) is 9.59 Å². The largest absolute Gasteiger partial charge is 0.420 e. The van der Waals surface area contributed by atoms with Gasteiger partial charge < -0.3 is 9.73 Å². The first-order chi connectivity index (χ1) is 13.4. The summed E-state index contributed by atoms with van der Waals surface area (Å²) in [5.41, 5.74) is 2.84. The molecule has 0 unspecified atom stereocenters. The summed E-state index contributed by atoms with van der Waals surface area (Å²) in [5, 5.41) is 3.32. The van der Waals surface area contributed by atoms with Gasteiger partial charge in [0.1, 0.15) is 6.04 Å². The van der Waals surface area contributed by atoms with E-state index in [0.717, 1.165) is 20.6 Å². The van der Waals surface area contributed by atoms with Gasteiger partial charge >= 0.3 is 5.76 Å². The maximum absolute atomic E-state index is 12.8. The minimum Gasteiger partial charge on any atom is -0.408 e. The Morgan fingerprint density at radius 2 is 1.93 bits per heavy atom. The highest BCUT2D eigenvalue weighted by Crippen LogP contribution is 2.31. The summed E-state index contributed by atoms with van der Waals surface area (Å²) in [4.78, 5) is 30.5. The number of anilines is 1. The van der Waals surface area contributed by atoms with Crippen LogP contribution in [0.25, 0.3) is 22.4 Å². The van der Waals surface area contributed by atoms with Gasteiger partial charge in [-0.3, -0.25) is 9.36 Å². The standard InChI is InChI=1S/C20H16BrN3O3S/c1-11(24-15-5-3-4-6-16(15)27-20(24)26)18(25)23-19-22-17(12(2)28-19)13-7-9-14(21)10-8-13/h3-11H,1-2H3,(H,22,23,25)/t11-/m1/s1. The van der Waals surface area contributed by atoms with E-state index in [4.69, 9.17) is 4.42 Å². The Kier molecular flexibility index (Phi) is 4.91. The molecule has 6 nitrogen and oxygen atoms in total. The number of hydrogen-bond acceptors (Lipinski definition) is 5. The first-order valence-electron chi connectivity index (χ1n) is 8.58. The summed E-state index contributed by atoms with van der Waals surface area (Å²) in [6.45, 7) is 3.62. The number of benzene rings is 2. The lowest BCUT2D eigenvalue weighted by Gasteiger charge is -2.11. The van der Waals surface area contributed by atoms with E-state index in [1.165, 1.54) is 15.9 Å². The Bertz CT molecular complexity index is 1220. The molecule has 28 heavy (non-hydrogen) atoms. The van der Waals surface area contributed by atoms with Crippen molar-refractivity contribution in [3.63, 3.8) is 0 Å². The summed E-state index contributed by atoms with van der Waals surface area (Å²) in [7, 11) is 0. The molecule has 2 aromatic carbocycles. The molecule has 2 aromatic heterocycles. The average Bonchev–Trinajstić information content (AvgIpc) is 3.20. The first kappa shape index (κ1) is 18.6. The Morgan fingerprint density at radius 3 is 2.68 bits per heavy atom. The van der Waals surface area contributed by atoms with Crippen LogP contribution in [0.5, 0.6) is 0 Å². The second-order valence-electron chi connectivity index (χ2n) is 6.30. The number of nitrogens with one attached hydrogen (secondary N) is 1. The molecule has 1 atom stereocenters. The average molecular weight is 458 g/mol. The molecule has 4 rings (SSSR count). The van der Waals surface area contributed by atoms with E-state index < -0.39 is 11.8 Å². The second-order valence-corrected chi connectivity index (χ2v) is 8.42. The predicted molar refractivity (Wildman–Crippen MR) is 114 cm³/mol. The topological polar surface area (TPSA) is 77.1 Å². The van der Waals surface area contributed by atoms with Crippen LogP contribution < -0.4 is 11.1 Å². The van der Waals surface area contributed by atoms with E-state index in [1.54, 1.807) is 31.2 Å². The number of thiazole rings is 1. The molecule has 2 heterocycles. The lowest BCUT2D eigenvalue weighted by molar-refractivity contribution is -0.118. The van der Waals surface area contributed by atoms with E-state index >= 15 is 0 Å². The number of carbonyl (C=O) groups excluding carboxylic acids is 1. The number of hydrogen-bond donors (Lipinski definition) is 1. The minimum atomic E-state index is -0.739. The number of halogens is 1. The van der Waals surface area contributed by atoms with Gasteiger partial charge in [-0.05, 0) is 38.1 Å². The molecule has 0 bridgehead atoms. The van der Waals surface area contributed by atoms with Crippen molar-refractivity contribution >= 4 is 49.4 Å². The van der Waals surface area contributed by atoms with E-state index in [1.807, 2.05) is 31.2 Å². The van der Waals surface area contributed by atoms with Crippen LogP contribution in [-0.2, 0) is 4.79 Å². The Hall–Kier alpha value is -2.71. The smallest absolute Gasteiger partial charge is 0.408 e. The molecule has 142 valence electrons. The summed E-state index contributed by atoms with van der Waals surface area (Å²) < 4.78 is 7.56. The number of carbonyl (C=O) groups is 1. The van der Waals surface area contributed by atoms with Gasteiger partial charge in [0.05, 0.1) is 11.2 Å². The third kappa shape index (κ3) is 3.41. The van der Waals surface area contributed by atoms with Gasteiger partial charge in [0.2, 0.25) is 5.91 Å². The van der Waals surface area contributed by atoms with E-state index in [-0.39, 0.29) is 5.91 Å². The summed E-state index contributed by atoms with van der Waals surface area (Å²) in [6, 6.07) is 14.1. The van der Waals surface area contributed by atoms with E-state index in [2.05, 4.69) is 26.2 Å². The van der Waals surface area contributed by atoms with Crippen molar-refractivity contribution in [3.8, 4) is 11.3 Å². The predicted octanol–water partition coefficient (Wildman–Crippen LogP) is 4.99. The highest BCUT2D eigenvalue weighted by molar-refractivity contribution is 9.10. The molecule has 0 spiro atoms. The minimum absolute atomic E-state index is 0.329. The molecule has 1 N–H and O–H groups in total. The summed E-state index contributed by atoms with van der Waals surface area (Å²) >= 11 is 4.82. The van der Waals surface area contributed by atoms with Crippen LogP contribution in [0.2, 0.25) is 0 Å². The molecule has 0 fully saturated rings. The Balaban J connectivity index is 1.60. The fourth-order valence-corrected chi connectivity index (χ4v) is 4.11. The molecule has 0 aliphatic heterocycles. The molecule has 0 saturated heterocycles. The number of amides is 1. The van der Waals surface area contributed by atoms with Gasteiger partial charge in [-0.2, -0.15) is 0 Å². The Morgan fingerprint density at radius 1 is 1.21 bits per heavy atom. The molecule has 8 heteroatoms. The molecule has 0 aliphatic rings. The quantitative estimate of drug-likeness (QED) is 0.468. The molecule has 0 saturated carbocycles. The zero-order valence-corrected chi connectivity index (χ0v) is 17.5. The van der Waals surface area contributed by atoms with Gasteiger partial charge in [-0.15, -0.1) is 11.3 Å². The molecular weight excluding hydrogens is 442 g/mol. The summed E-state index contributed by atoms with van der Waals surface area (Å²) in [6.07, 6.45) is 0. The van der Waals surface area contributed by atoms with Crippen LogP contribution in [0.1, 0.15) is 17.8 Å². The van der Waals surface area contributed by atoms with Crippen LogP contribution in [0.15, 0.2) is 62.2 Å². The maximum Gasteiger partial charge on any atom is 0.420 e. The zero-order chi connectivity index (χ0) is 19.8. The van der Waals surface area contributed by atoms with Gasteiger partial charge in [0, 0.05) is 14.9 Å². The van der Waals surface area contributed by atoms with Gasteiger partial charge in [0.25, 0.3) is 0 Å². The lowest BCUT2D eigenvalue weighted by Crippen LogP contribution is -2.29. The molecule has 0 radical (unpaired) electrons. The first-order valence-corrected chi connectivity index (χ1v) is 10.2. The van der Waals surface area contributed by atoms with Crippen molar-refractivity contribution in [2.75, 3.05) is 5.32 Å². The van der Waals surface area contributed by atoms with Crippen LogP contribution in [0.4, 0.5) is 5.13 Å². The molecular formula is C20H16BrN3O3S. The fraction of sp³-hybridized carbons (Fsp3) is 0.150. The third-order valence-electron chi connectivity index (χ3n) is 4.43. The van der Waals surface area contributed by atoms with Crippen LogP contribution in [0, 0.1) is 6.92 Å². The van der Waals surface area contributed by atoms with Crippen molar-refractivity contribution < 1.29 is 9.21 Å². The van der Waals surface area contributed by atoms with Crippen LogP contribution in [-0.4, -0.2) is 15.5 Å².